The highest BCUT2D eigenvalue weighted by atomic mass is 16.5. The molecule has 2 aromatic carbocycles. The minimum Gasteiger partial charge on any atom is -0.488 e. The smallest absolute Gasteiger partial charge is 0.175 e. The largest absolute Gasteiger partial charge is 0.488 e. The van der Waals surface area contributed by atoms with Crippen LogP contribution in [0.25, 0.3) is 22.3 Å². The topological polar surface area (TPSA) is 94.4 Å². The quantitative estimate of drug-likeness (QED) is 0.413. The van der Waals surface area contributed by atoms with Crippen molar-refractivity contribution in [2.75, 3.05) is 0 Å². The van der Waals surface area contributed by atoms with E-state index in [0.717, 1.165) is 67.4 Å². The molecule has 0 aliphatic carbocycles. The van der Waals surface area contributed by atoms with Gasteiger partial charge in [0, 0.05) is 16.8 Å². The van der Waals surface area contributed by atoms with Gasteiger partial charge in [-0.1, -0.05) is 36.4 Å². The fraction of sp³-hybridized carbons (Fsp3) is 0.222. The van der Waals surface area contributed by atoms with E-state index in [1.165, 1.54) is 0 Å². The predicted molar refractivity (Wildman–Crippen MR) is 134 cm³/mol. The maximum atomic E-state index is 6.35. The number of benzene rings is 2. The summed E-state index contributed by atoms with van der Waals surface area (Å²) in [5.41, 5.74) is 10.4. The molecule has 4 heterocycles. The monoisotopic (exact) mass is 463 g/mol. The van der Waals surface area contributed by atoms with E-state index < -0.39 is 0 Å². The molecule has 3 aromatic heterocycles. The predicted octanol–water partition coefficient (Wildman–Crippen LogP) is 4.79. The maximum absolute atomic E-state index is 6.35. The molecule has 174 valence electrons. The molecule has 0 radical (unpaired) electrons. The molecule has 0 saturated heterocycles. The second-order valence-electron chi connectivity index (χ2n) is 9.02. The van der Waals surface area contributed by atoms with Gasteiger partial charge in [-0.15, -0.1) is 5.10 Å². The molecule has 0 amide bonds. The number of pyridine rings is 1. The molecule has 0 unspecified atom stereocenters. The molecule has 0 bridgehead atoms. The first-order chi connectivity index (χ1) is 17.0. The van der Waals surface area contributed by atoms with Crippen LogP contribution >= 0.6 is 0 Å². The Kier molecular flexibility index (Phi) is 4.95. The standard InChI is InChI=1S/C27H25N7O/c1-15-11-16(2)28-27-25(15)29-18(4)34(27)13-19-9-10-22-23(12-19)35-14-20-7-5-6-8-21(20)24(22)17(3)26-30-32-33-31-26/h5-12H,13-14H2,1-4H3,(H,30,31,32,33)/b24-17+. The Balaban J connectivity index is 1.48. The van der Waals surface area contributed by atoms with E-state index in [0.29, 0.717) is 19.0 Å². The summed E-state index contributed by atoms with van der Waals surface area (Å²) in [5, 5.41) is 14.6. The van der Waals surface area contributed by atoms with Crippen LogP contribution in [-0.2, 0) is 13.2 Å². The molecule has 8 heteroatoms. The van der Waals surface area contributed by atoms with Crippen molar-refractivity contribution in [3.8, 4) is 5.75 Å². The van der Waals surface area contributed by atoms with Gasteiger partial charge >= 0.3 is 0 Å². The average molecular weight is 464 g/mol. The van der Waals surface area contributed by atoms with Crippen LogP contribution in [0.1, 0.15) is 52.1 Å². The number of nitrogens with zero attached hydrogens (tertiary/aromatic N) is 6. The van der Waals surface area contributed by atoms with Gasteiger partial charge in [-0.2, -0.15) is 0 Å². The van der Waals surface area contributed by atoms with Gasteiger partial charge in [-0.25, -0.2) is 15.1 Å². The Bertz CT molecular complexity index is 1610. The summed E-state index contributed by atoms with van der Waals surface area (Å²) in [4.78, 5) is 9.57. The van der Waals surface area contributed by atoms with E-state index >= 15 is 0 Å². The normalized spacial score (nSPS) is 14.3. The van der Waals surface area contributed by atoms with Crippen molar-refractivity contribution >= 4 is 22.3 Å². The van der Waals surface area contributed by atoms with Gasteiger partial charge in [0.2, 0.25) is 0 Å². The SMILES string of the molecule is C/C(=C1/c2ccccc2COc2cc(Cn3c(C)nc4c(C)cc(C)nc43)ccc21)c1nnn[nH]1. The summed E-state index contributed by atoms with van der Waals surface area (Å²) in [6.07, 6.45) is 0. The first-order valence-corrected chi connectivity index (χ1v) is 11.6. The Morgan fingerprint density at radius 3 is 2.71 bits per heavy atom. The number of H-pyrrole nitrogens is 1. The van der Waals surface area contributed by atoms with Gasteiger partial charge in [0.15, 0.2) is 11.5 Å². The van der Waals surface area contributed by atoms with Gasteiger partial charge in [-0.05, 0) is 78.1 Å². The van der Waals surface area contributed by atoms with Gasteiger partial charge < -0.3 is 9.30 Å². The van der Waals surface area contributed by atoms with Crippen molar-refractivity contribution in [1.82, 2.24) is 35.2 Å². The molecular weight excluding hydrogens is 438 g/mol. The third-order valence-electron chi connectivity index (χ3n) is 6.61. The minimum atomic E-state index is 0.491. The zero-order valence-electron chi connectivity index (χ0n) is 20.1. The van der Waals surface area contributed by atoms with Crippen LogP contribution in [0.2, 0.25) is 0 Å². The van der Waals surface area contributed by atoms with Crippen LogP contribution in [0.15, 0.2) is 48.5 Å². The number of hydrogen-bond donors (Lipinski definition) is 1. The van der Waals surface area contributed by atoms with Crippen LogP contribution in [0.4, 0.5) is 0 Å². The lowest BCUT2D eigenvalue weighted by Gasteiger charge is -2.15. The fourth-order valence-electron chi connectivity index (χ4n) is 4.91. The van der Waals surface area contributed by atoms with Crippen LogP contribution in [-0.4, -0.2) is 35.2 Å². The van der Waals surface area contributed by atoms with E-state index in [1.807, 2.05) is 32.9 Å². The lowest BCUT2D eigenvalue weighted by Crippen LogP contribution is -2.04. The van der Waals surface area contributed by atoms with Crippen LogP contribution in [0.3, 0.4) is 0 Å². The summed E-state index contributed by atoms with van der Waals surface area (Å²) in [5.74, 6) is 2.42. The molecule has 8 nitrogen and oxygen atoms in total. The molecule has 1 N–H and O–H groups in total. The van der Waals surface area contributed by atoms with E-state index in [9.17, 15) is 0 Å². The molecular formula is C27H25N7O. The minimum absolute atomic E-state index is 0.491. The number of fused-ring (bicyclic) bond motifs is 3. The Labute approximate surface area is 202 Å². The van der Waals surface area contributed by atoms with Crippen LogP contribution < -0.4 is 4.74 Å². The number of aromatic nitrogens is 7. The van der Waals surface area contributed by atoms with Crippen molar-refractivity contribution in [3.63, 3.8) is 0 Å². The number of rotatable bonds is 3. The number of aromatic amines is 1. The average Bonchev–Trinajstić information content (AvgIpc) is 3.45. The molecule has 1 aliphatic rings. The molecule has 1 aliphatic heterocycles. The van der Waals surface area contributed by atoms with Crippen molar-refractivity contribution < 1.29 is 4.74 Å². The number of ether oxygens (including phenoxy) is 1. The molecule has 0 fully saturated rings. The summed E-state index contributed by atoms with van der Waals surface area (Å²) in [6.45, 7) is 9.32. The van der Waals surface area contributed by atoms with Crippen LogP contribution in [0, 0.1) is 20.8 Å². The third kappa shape index (κ3) is 3.58. The molecule has 35 heavy (non-hydrogen) atoms. The zero-order chi connectivity index (χ0) is 24.1. The van der Waals surface area contributed by atoms with E-state index in [2.05, 4.69) is 68.5 Å². The zero-order valence-corrected chi connectivity index (χ0v) is 20.1. The Hall–Kier alpha value is -4.33. The Morgan fingerprint density at radius 1 is 1.03 bits per heavy atom. The number of tetrazole rings is 1. The van der Waals surface area contributed by atoms with E-state index in [4.69, 9.17) is 14.7 Å². The fourth-order valence-corrected chi connectivity index (χ4v) is 4.91. The summed E-state index contributed by atoms with van der Waals surface area (Å²) in [6, 6.07) is 16.8. The molecule has 0 saturated carbocycles. The van der Waals surface area contributed by atoms with Gasteiger partial charge in [0.05, 0.1) is 6.54 Å². The molecule has 0 spiro atoms. The second kappa shape index (κ2) is 8.16. The third-order valence-corrected chi connectivity index (χ3v) is 6.61. The number of aryl methyl sites for hydroxylation is 3. The number of nitrogens with one attached hydrogen (secondary N) is 1. The maximum Gasteiger partial charge on any atom is 0.175 e. The van der Waals surface area contributed by atoms with Crippen molar-refractivity contribution in [2.45, 2.75) is 40.8 Å². The number of imidazole rings is 1. The first-order valence-electron chi connectivity index (χ1n) is 11.6. The van der Waals surface area contributed by atoms with E-state index in [1.54, 1.807) is 0 Å². The highest BCUT2D eigenvalue weighted by Crippen LogP contribution is 2.41. The van der Waals surface area contributed by atoms with Gasteiger partial charge in [0.25, 0.3) is 0 Å². The summed E-state index contributed by atoms with van der Waals surface area (Å²) < 4.78 is 8.52. The van der Waals surface area contributed by atoms with Gasteiger partial charge in [-0.3, -0.25) is 0 Å². The van der Waals surface area contributed by atoms with Crippen molar-refractivity contribution in [1.29, 1.82) is 0 Å². The first kappa shape index (κ1) is 21.2. The number of allylic oxidation sites excluding steroid dienone is 1. The van der Waals surface area contributed by atoms with Crippen molar-refractivity contribution in [3.05, 3.63) is 93.7 Å². The molecule has 0 atom stereocenters. The highest BCUT2D eigenvalue weighted by Gasteiger charge is 2.23. The molecule has 5 aromatic rings. The van der Waals surface area contributed by atoms with Crippen molar-refractivity contribution in [2.24, 2.45) is 0 Å². The highest BCUT2D eigenvalue weighted by molar-refractivity contribution is 5.99. The number of hydrogen-bond acceptors (Lipinski definition) is 6. The summed E-state index contributed by atoms with van der Waals surface area (Å²) in [7, 11) is 0. The van der Waals surface area contributed by atoms with E-state index in [-0.39, 0.29) is 0 Å². The lowest BCUT2D eigenvalue weighted by molar-refractivity contribution is 0.307. The van der Waals surface area contributed by atoms with Gasteiger partial charge in [0.1, 0.15) is 23.7 Å². The summed E-state index contributed by atoms with van der Waals surface area (Å²) >= 11 is 0. The second-order valence-corrected chi connectivity index (χ2v) is 9.02. The molecule has 6 rings (SSSR count). The Morgan fingerprint density at radius 2 is 1.89 bits per heavy atom. The van der Waals surface area contributed by atoms with Crippen LogP contribution in [0.5, 0.6) is 5.75 Å². The lowest BCUT2D eigenvalue weighted by atomic mass is 9.90.